The first-order chi connectivity index (χ1) is 8.08. The van der Waals surface area contributed by atoms with Crippen LogP contribution in [0.25, 0.3) is 0 Å². The van der Waals surface area contributed by atoms with Gasteiger partial charge in [-0.05, 0) is 32.2 Å². The number of rotatable bonds is 2. The third-order valence-electron chi connectivity index (χ3n) is 3.21. The quantitative estimate of drug-likeness (QED) is 0.731. The molecule has 1 aromatic rings. The predicted octanol–water partition coefficient (Wildman–Crippen LogP) is 1.78. The molecule has 0 unspecified atom stereocenters. The zero-order chi connectivity index (χ0) is 12.4. The van der Waals surface area contributed by atoms with Gasteiger partial charge in [-0.2, -0.15) is 0 Å². The number of nitrogens with zero attached hydrogens (tertiary/aromatic N) is 2. The Morgan fingerprint density at radius 3 is 2.41 bits per heavy atom. The van der Waals surface area contributed by atoms with Crippen molar-refractivity contribution in [3.63, 3.8) is 0 Å². The van der Waals surface area contributed by atoms with E-state index in [0.29, 0.717) is 5.56 Å². The van der Waals surface area contributed by atoms with Gasteiger partial charge in [-0.25, -0.2) is 0 Å². The van der Waals surface area contributed by atoms with E-state index in [9.17, 15) is 9.90 Å². The van der Waals surface area contributed by atoms with E-state index in [4.69, 9.17) is 0 Å². The van der Waals surface area contributed by atoms with E-state index in [-0.39, 0.29) is 11.5 Å². The van der Waals surface area contributed by atoms with Gasteiger partial charge < -0.3 is 9.80 Å². The highest BCUT2D eigenvalue weighted by Gasteiger charge is 2.16. The Morgan fingerprint density at radius 1 is 1.18 bits per heavy atom. The van der Waals surface area contributed by atoms with Crippen LogP contribution in [0, 0.1) is 0 Å². The molecule has 1 radical (unpaired) electrons. The van der Waals surface area contributed by atoms with Gasteiger partial charge in [-0.1, -0.05) is 0 Å². The molecule has 91 valence electrons. The Kier molecular flexibility index (Phi) is 3.33. The minimum absolute atomic E-state index is 0.161. The SMILES string of the molecule is CC(=O)c1cc(N2CCN(C)CC2)ccc1[O]. The van der Waals surface area contributed by atoms with Crippen LogP contribution < -0.4 is 4.90 Å². The molecule has 0 spiro atoms. The van der Waals surface area contributed by atoms with Crippen LogP contribution in [-0.4, -0.2) is 43.9 Å². The van der Waals surface area contributed by atoms with Crippen molar-refractivity contribution in [1.82, 2.24) is 4.90 Å². The van der Waals surface area contributed by atoms with E-state index in [1.54, 1.807) is 12.1 Å². The molecule has 0 saturated carbocycles. The Hall–Kier alpha value is -1.55. The smallest absolute Gasteiger partial charge is 0.189 e. The van der Waals surface area contributed by atoms with Crippen LogP contribution in [0.15, 0.2) is 18.2 Å². The van der Waals surface area contributed by atoms with Crippen LogP contribution in [0.5, 0.6) is 5.75 Å². The van der Waals surface area contributed by atoms with Crippen LogP contribution in [0.4, 0.5) is 5.69 Å². The number of hydrogen-bond acceptors (Lipinski definition) is 3. The first-order valence-corrected chi connectivity index (χ1v) is 5.83. The number of ketones is 1. The normalized spacial score (nSPS) is 17.2. The molecule has 0 aromatic heterocycles. The van der Waals surface area contributed by atoms with E-state index in [2.05, 4.69) is 16.8 Å². The lowest BCUT2D eigenvalue weighted by Gasteiger charge is -2.34. The fourth-order valence-corrected chi connectivity index (χ4v) is 2.05. The topological polar surface area (TPSA) is 43.5 Å². The lowest BCUT2D eigenvalue weighted by molar-refractivity contribution is 0.101. The molecule has 0 bridgehead atoms. The third kappa shape index (κ3) is 2.58. The van der Waals surface area contributed by atoms with E-state index < -0.39 is 0 Å². The summed E-state index contributed by atoms with van der Waals surface area (Å²) in [4.78, 5) is 15.8. The van der Waals surface area contributed by atoms with Gasteiger partial charge in [0.15, 0.2) is 11.5 Å². The van der Waals surface area contributed by atoms with Gasteiger partial charge in [0.25, 0.3) is 0 Å². The van der Waals surface area contributed by atoms with Crippen LogP contribution in [0.1, 0.15) is 17.3 Å². The highest BCUT2D eigenvalue weighted by Crippen LogP contribution is 2.25. The van der Waals surface area contributed by atoms with Crippen LogP contribution >= 0.6 is 0 Å². The molecule has 1 aliphatic rings. The van der Waals surface area contributed by atoms with Crippen molar-refractivity contribution in [2.24, 2.45) is 0 Å². The average Bonchev–Trinajstić information content (AvgIpc) is 2.30. The molecule has 1 aromatic carbocycles. The Balaban J connectivity index is 2.21. The second kappa shape index (κ2) is 4.75. The van der Waals surface area contributed by atoms with Crippen molar-refractivity contribution < 1.29 is 9.90 Å². The van der Waals surface area contributed by atoms with Crippen molar-refractivity contribution in [1.29, 1.82) is 0 Å². The van der Waals surface area contributed by atoms with Gasteiger partial charge in [0.1, 0.15) is 0 Å². The molecule has 0 atom stereocenters. The molecule has 0 N–H and O–H groups in total. The zero-order valence-electron chi connectivity index (χ0n) is 10.3. The standard InChI is InChI=1S/C13H17N2O2/c1-10(16)12-9-11(3-4-13(12)17)15-7-5-14(2)6-8-15/h3-4,9H,5-8H2,1-2H3. The van der Waals surface area contributed by atoms with E-state index in [1.807, 2.05) is 0 Å². The van der Waals surface area contributed by atoms with Gasteiger partial charge in [0.05, 0.1) is 5.56 Å². The van der Waals surface area contributed by atoms with Crippen molar-refractivity contribution >= 4 is 11.5 Å². The number of piperazine rings is 1. The predicted molar refractivity (Wildman–Crippen MR) is 66.3 cm³/mol. The maximum atomic E-state index is 11.5. The fraction of sp³-hybridized carbons (Fsp3) is 0.462. The lowest BCUT2D eigenvalue weighted by atomic mass is 10.1. The molecule has 1 aliphatic heterocycles. The molecule has 1 saturated heterocycles. The maximum Gasteiger partial charge on any atom is 0.189 e. The molecular formula is C13H17N2O2. The summed E-state index contributed by atoms with van der Waals surface area (Å²) in [6.07, 6.45) is 0. The van der Waals surface area contributed by atoms with Gasteiger partial charge in [0.2, 0.25) is 0 Å². The summed E-state index contributed by atoms with van der Waals surface area (Å²) in [5, 5.41) is 11.5. The van der Waals surface area contributed by atoms with E-state index in [0.717, 1.165) is 31.9 Å². The first-order valence-electron chi connectivity index (χ1n) is 5.83. The summed E-state index contributed by atoms with van der Waals surface area (Å²) in [6.45, 7) is 5.33. The number of carbonyl (C=O) groups excluding carboxylic acids is 1. The van der Waals surface area contributed by atoms with Crippen molar-refractivity contribution in [2.75, 3.05) is 38.1 Å². The monoisotopic (exact) mass is 233 g/mol. The summed E-state index contributed by atoms with van der Waals surface area (Å²) in [5.74, 6) is -0.346. The Morgan fingerprint density at radius 2 is 1.82 bits per heavy atom. The lowest BCUT2D eigenvalue weighted by Crippen LogP contribution is -2.44. The summed E-state index contributed by atoms with van der Waals surface area (Å²) in [7, 11) is 2.10. The summed E-state index contributed by atoms with van der Waals surface area (Å²) in [5.41, 5.74) is 1.27. The molecule has 4 nitrogen and oxygen atoms in total. The molecule has 17 heavy (non-hydrogen) atoms. The van der Waals surface area contributed by atoms with Crippen molar-refractivity contribution in [2.45, 2.75) is 6.92 Å². The maximum absolute atomic E-state index is 11.5. The first kappa shape index (κ1) is 11.9. The molecule has 2 rings (SSSR count). The third-order valence-corrected chi connectivity index (χ3v) is 3.21. The van der Waals surface area contributed by atoms with Crippen molar-refractivity contribution in [3.8, 4) is 5.75 Å². The Bertz CT molecular complexity index is 423. The zero-order valence-corrected chi connectivity index (χ0v) is 10.3. The van der Waals surface area contributed by atoms with E-state index in [1.165, 1.54) is 13.0 Å². The fourth-order valence-electron chi connectivity index (χ4n) is 2.05. The van der Waals surface area contributed by atoms with Gasteiger partial charge in [-0.3, -0.25) is 9.90 Å². The second-order valence-electron chi connectivity index (χ2n) is 4.53. The van der Waals surface area contributed by atoms with Gasteiger partial charge in [0, 0.05) is 31.9 Å². The summed E-state index contributed by atoms with van der Waals surface area (Å²) >= 11 is 0. The summed E-state index contributed by atoms with van der Waals surface area (Å²) in [6, 6.07) is 5.01. The molecule has 1 fully saturated rings. The van der Waals surface area contributed by atoms with Crippen LogP contribution in [0.2, 0.25) is 0 Å². The minimum Gasteiger partial charge on any atom is -0.369 e. The Labute approximate surface area is 101 Å². The second-order valence-corrected chi connectivity index (χ2v) is 4.53. The highest BCUT2D eigenvalue weighted by atomic mass is 16.3. The van der Waals surface area contributed by atoms with Crippen LogP contribution in [0.3, 0.4) is 0 Å². The average molecular weight is 233 g/mol. The molecule has 0 amide bonds. The largest absolute Gasteiger partial charge is 0.369 e. The molecule has 4 heteroatoms. The minimum atomic E-state index is -0.185. The highest BCUT2D eigenvalue weighted by molar-refractivity contribution is 5.97. The summed E-state index contributed by atoms with van der Waals surface area (Å²) < 4.78 is 0. The molecular weight excluding hydrogens is 216 g/mol. The van der Waals surface area contributed by atoms with Gasteiger partial charge in [-0.15, -0.1) is 0 Å². The number of benzene rings is 1. The van der Waals surface area contributed by atoms with E-state index >= 15 is 0 Å². The molecule has 0 aliphatic carbocycles. The number of carbonyl (C=O) groups is 1. The number of anilines is 1. The van der Waals surface area contributed by atoms with Crippen LogP contribution in [-0.2, 0) is 5.11 Å². The number of likely N-dealkylation sites (N-methyl/N-ethyl adjacent to an activating group) is 1. The van der Waals surface area contributed by atoms with Crippen molar-refractivity contribution in [3.05, 3.63) is 23.8 Å². The molecule has 1 heterocycles. The van der Waals surface area contributed by atoms with Gasteiger partial charge >= 0.3 is 0 Å². The number of Topliss-reactive ketones (excluding diaryl/α,β-unsaturated/α-hetero) is 1. The number of hydrogen-bond donors (Lipinski definition) is 0.